The second-order valence-electron chi connectivity index (χ2n) is 3.78. The van der Waals surface area contributed by atoms with Crippen LogP contribution in [0.5, 0.6) is 5.75 Å². The average Bonchev–Trinajstić information content (AvgIpc) is 2.68. The lowest BCUT2D eigenvalue weighted by Crippen LogP contribution is -2.16. The summed E-state index contributed by atoms with van der Waals surface area (Å²) in [6.07, 6.45) is 0.758. The molecule has 0 radical (unpaired) electrons. The first-order valence-corrected chi connectivity index (χ1v) is 5.15. The Hall–Kier alpha value is -1.97. The van der Waals surface area contributed by atoms with E-state index in [1.807, 2.05) is 18.2 Å². The van der Waals surface area contributed by atoms with E-state index in [-0.39, 0.29) is 5.97 Å². The number of benzene rings is 1. The molecule has 0 aliphatic carbocycles. The molecule has 1 aliphatic heterocycles. The van der Waals surface area contributed by atoms with Crippen LogP contribution in [-0.2, 0) is 11.2 Å². The smallest absolute Gasteiger partial charge is 0.355 e. The van der Waals surface area contributed by atoms with Crippen molar-refractivity contribution in [2.24, 2.45) is 0 Å². The summed E-state index contributed by atoms with van der Waals surface area (Å²) in [5, 5.41) is 1.05. The van der Waals surface area contributed by atoms with Gasteiger partial charge in [0.05, 0.1) is 13.7 Å². The van der Waals surface area contributed by atoms with Crippen LogP contribution >= 0.6 is 0 Å². The Balaban J connectivity index is 2.29. The number of hydrogen-bond acceptors (Lipinski definition) is 3. The molecule has 16 heavy (non-hydrogen) atoms. The first kappa shape index (κ1) is 9.27. The summed E-state index contributed by atoms with van der Waals surface area (Å²) in [4.78, 5) is 14.6. The molecule has 1 N–H and O–H groups in total. The number of ether oxygens (including phenoxy) is 2. The van der Waals surface area contributed by atoms with E-state index >= 15 is 0 Å². The lowest BCUT2D eigenvalue weighted by Gasteiger charge is -2.11. The van der Waals surface area contributed by atoms with Crippen molar-refractivity contribution >= 4 is 16.9 Å². The highest BCUT2D eigenvalue weighted by atomic mass is 16.5. The van der Waals surface area contributed by atoms with E-state index in [0.29, 0.717) is 12.3 Å². The molecule has 0 spiro atoms. The quantitative estimate of drug-likeness (QED) is 0.742. The van der Waals surface area contributed by atoms with Crippen molar-refractivity contribution in [3.05, 3.63) is 29.5 Å². The Morgan fingerprint density at radius 3 is 3.12 bits per heavy atom. The number of fused-ring (bicyclic) bond motifs is 3. The standard InChI is InChI=1S/C12H11NO3/c1-15-7-2-3-10-9(6-7)8-4-5-16-12(14)11(8)13-10/h2-3,6,13H,4-5H2,1H3. The molecule has 0 fully saturated rings. The van der Waals surface area contributed by atoms with Gasteiger partial charge in [-0.1, -0.05) is 0 Å². The zero-order valence-corrected chi connectivity index (χ0v) is 8.87. The Morgan fingerprint density at radius 1 is 1.44 bits per heavy atom. The number of rotatable bonds is 1. The van der Waals surface area contributed by atoms with E-state index in [2.05, 4.69) is 4.98 Å². The second kappa shape index (κ2) is 3.27. The third-order valence-electron chi connectivity index (χ3n) is 2.90. The molecule has 2 heterocycles. The number of hydrogen-bond donors (Lipinski definition) is 1. The highest BCUT2D eigenvalue weighted by Crippen LogP contribution is 2.29. The molecule has 0 saturated heterocycles. The van der Waals surface area contributed by atoms with Crippen LogP contribution in [0, 0.1) is 0 Å². The van der Waals surface area contributed by atoms with Crippen LogP contribution < -0.4 is 4.74 Å². The summed E-state index contributed by atoms with van der Waals surface area (Å²) in [6.45, 7) is 0.454. The van der Waals surface area contributed by atoms with Gasteiger partial charge in [-0.15, -0.1) is 0 Å². The SMILES string of the molecule is COc1ccc2[nH]c3c(c2c1)CCOC3=O. The summed E-state index contributed by atoms with van der Waals surface area (Å²) in [5.74, 6) is 0.532. The van der Waals surface area contributed by atoms with Crippen molar-refractivity contribution in [1.29, 1.82) is 0 Å². The van der Waals surface area contributed by atoms with E-state index in [1.54, 1.807) is 7.11 Å². The summed E-state index contributed by atoms with van der Waals surface area (Å²) in [7, 11) is 1.63. The number of carbonyl (C=O) groups is 1. The molecule has 0 bridgehead atoms. The highest BCUT2D eigenvalue weighted by Gasteiger charge is 2.23. The van der Waals surface area contributed by atoms with Crippen LogP contribution in [-0.4, -0.2) is 24.7 Å². The molecule has 82 valence electrons. The molecule has 4 heteroatoms. The highest BCUT2D eigenvalue weighted by molar-refractivity contribution is 5.99. The van der Waals surface area contributed by atoms with Crippen molar-refractivity contribution in [3.63, 3.8) is 0 Å². The number of methoxy groups -OCH3 is 1. The van der Waals surface area contributed by atoms with Crippen LogP contribution in [0.15, 0.2) is 18.2 Å². The maximum atomic E-state index is 11.5. The Morgan fingerprint density at radius 2 is 2.31 bits per heavy atom. The fourth-order valence-corrected chi connectivity index (χ4v) is 2.11. The predicted octanol–water partition coefficient (Wildman–Crippen LogP) is 1.89. The number of H-pyrrole nitrogens is 1. The van der Waals surface area contributed by atoms with E-state index in [0.717, 1.165) is 28.6 Å². The van der Waals surface area contributed by atoms with Crippen molar-refractivity contribution in [1.82, 2.24) is 4.98 Å². The minimum Gasteiger partial charge on any atom is -0.497 e. The second-order valence-corrected chi connectivity index (χ2v) is 3.78. The van der Waals surface area contributed by atoms with Gasteiger partial charge in [0.15, 0.2) is 0 Å². The van der Waals surface area contributed by atoms with Crippen LogP contribution in [0.2, 0.25) is 0 Å². The summed E-state index contributed by atoms with van der Waals surface area (Å²) < 4.78 is 10.2. The van der Waals surface area contributed by atoms with Crippen LogP contribution in [0.4, 0.5) is 0 Å². The summed E-state index contributed by atoms with van der Waals surface area (Å²) in [6, 6.07) is 5.73. The van der Waals surface area contributed by atoms with Gasteiger partial charge in [0.2, 0.25) is 0 Å². The van der Waals surface area contributed by atoms with Crippen molar-refractivity contribution < 1.29 is 14.3 Å². The number of cyclic esters (lactones) is 1. The fraction of sp³-hybridized carbons (Fsp3) is 0.250. The topological polar surface area (TPSA) is 51.3 Å². The van der Waals surface area contributed by atoms with Crippen molar-refractivity contribution in [2.75, 3.05) is 13.7 Å². The third-order valence-corrected chi connectivity index (χ3v) is 2.90. The molecule has 0 atom stereocenters. The van der Waals surface area contributed by atoms with Gasteiger partial charge in [0.25, 0.3) is 0 Å². The molecule has 1 aromatic heterocycles. The molecule has 4 nitrogen and oxygen atoms in total. The third kappa shape index (κ3) is 1.19. The molecule has 0 amide bonds. The fourth-order valence-electron chi connectivity index (χ4n) is 2.11. The van der Waals surface area contributed by atoms with Gasteiger partial charge < -0.3 is 14.5 Å². The maximum absolute atomic E-state index is 11.5. The zero-order chi connectivity index (χ0) is 11.1. The molecular formula is C12H11NO3. The zero-order valence-electron chi connectivity index (χ0n) is 8.87. The predicted molar refractivity (Wildman–Crippen MR) is 58.8 cm³/mol. The van der Waals surface area contributed by atoms with Gasteiger partial charge in [-0.05, 0) is 23.8 Å². The number of carbonyl (C=O) groups excluding carboxylic acids is 1. The first-order chi connectivity index (χ1) is 7.79. The van der Waals surface area contributed by atoms with Crippen LogP contribution in [0.3, 0.4) is 0 Å². The maximum Gasteiger partial charge on any atom is 0.355 e. The molecule has 1 aliphatic rings. The van der Waals surface area contributed by atoms with Gasteiger partial charge in [-0.2, -0.15) is 0 Å². The Bertz CT molecular complexity index is 571. The number of aromatic amines is 1. The first-order valence-electron chi connectivity index (χ1n) is 5.15. The molecular weight excluding hydrogens is 206 g/mol. The van der Waals surface area contributed by atoms with Crippen molar-refractivity contribution in [2.45, 2.75) is 6.42 Å². The number of esters is 1. The summed E-state index contributed by atoms with van der Waals surface area (Å²) >= 11 is 0. The van der Waals surface area contributed by atoms with Gasteiger partial charge >= 0.3 is 5.97 Å². The molecule has 1 aromatic carbocycles. The lowest BCUT2D eigenvalue weighted by atomic mass is 10.1. The van der Waals surface area contributed by atoms with E-state index in [9.17, 15) is 4.79 Å². The van der Waals surface area contributed by atoms with E-state index in [1.165, 1.54) is 0 Å². The normalized spacial score (nSPS) is 14.7. The minimum atomic E-state index is -0.267. The monoisotopic (exact) mass is 217 g/mol. The molecule has 2 aromatic rings. The van der Waals surface area contributed by atoms with Gasteiger partial charge in [-0.25, -0.2) is 4.79 Å². The summed E-state index contributed by atoms with van der Waals surface area (Å²) in [5.41, 5.74) is 2.56. The van der Waals surface area contributed by atoms with Gasteiger partial charge in [0.1, 0.15) is 11.4 Å². The largest absolute Gasteiger partial charge is 0.497 e. The number of aromatic nitrogens is 1. The Kier molecular flexibility index (Phi) is 1.89. The number of nitrogens with one attached hydrogen (secondary N) is 1. The van der Waals surface area contributed by atoms with Gasteiger partial charge in [-0.3, -0.25) is 0 Å². The van der Waals surface area contributed by atoms with Crippen LogP contribution in [0.1, 0.15) is 16.1 Å². The minimum absolute atomic E-state index is 0.267. The van der Waals surface area contributed by atoms with Gasteiger partial charge in [0, 0.05) is 17.3 Å². The molecule has 0 unspecified atom stereocenters. The lowest BCUT2D eigenvalue weighted by molar-refractivity contribution is 0.0475. The molecule has 0 saturated carbocycles. The Labute approximate surface area is 92.2 Å². The van der Waals surface area contributed by atoms with E-state index < -0.39 is 0 Å². The molecule has 3 rings (SSSR count). The van der Waals surface area contributed by atoms with Crippen molar-refractivity contribution in [3.8, 4) is 5.75 Å². The van der Waals surface area contributed by atoms with E-state index in [4.69, 9.17) is 9.47 Å². The average molecular weight is 217 g/mol. The van der Waals surface area contributed by atoms with Crippen LogP contribution in [0.25, 0.3) is 10.9 Å².